The molecule has 1 amide bonds. The summed E-state index contributed by atoms with van der Waals surface area (Å²) in [6.45, 7) is 8.01. The normalized spacial score (nSPS) is 14.6. The molecule has 0 radical (unpaired) electrons. The Morgan fingerprint density at radius 3 is 2.86 bits per heavy atom. The van der Waals surface area contributed by atoms with E-state index in [1.165, 1.54) is 11.1 Å². The van der Waals surface area contributed by atoms with Crippen LogP contribution in [-0.4, -0.2) is 17.0 Å². The van der Waals surface area contributed by atoms with E-state index in [1.807, 2.05) is 13.0 Å². The Balaban J connectivity index is 2.23. The predicted octanol–water partition coefficient (Wildman–Crippen LogP) is 3.94. The molecule has 0 saturated heterocycles. The first-order valence-corrected chi connectivity index (χ1v) is 7.96. The molecule has 2 heterocycles. The molecule has 4 heteroatoms. The molecule has 0 aliphatic carbocycles. The minimum absolute atomic E-state index is 0.0286. The largest absolute Gasteiger partial charge is 0.349 e. The number of rotatable bonds is 3. The number of carbonyl (C=O) groups is 1. The SMILES string of the molecule is Cc1c2n(c3c(CCC(C)C)cc(Cl)cc13)CCNC2=O. The highest BCUT2D eigenvalue weighted by atomic mass is 35.5. The summed E-state index contributed by atoms with van der Waals surface area (Å²) in [5.41, 5.74) is 4.29. The zero-order valence-corrected chi connectivity index (χ0v) is 13.5. The lowest BCUT2D eigenvalue weighted by atomic mass is 10.00. The first-order chi connectivity index (χ1) is 9.99. The van der Waals surface area contributed by atoms with Crippen molar-refractivity contribution in [1.29, 1.82) is 0 Å². The Morgan fingerprint density at radius 2 is 2.14 bits per heavy atom. The summed E-state index contributed by atoms with van der Waals surface area (Å²) in [5.74, 6) is 0.681. The minimum atomic E-state index is 0.0286. The van der Waals surface area contributed by atoms with Gasteiger partial charge in [-0.3, -0.25) is 4.79 Å². The van der Waals surface area contributed by atoms with Gasteiger partial charge >= 0.3 is 0 Å². The van der Waals surface area contributed by atoms with Crippen molar-refractivity contribution in [2.75, 3.05) is 6.54 Å². The molecule has 3 rings (SSSR count). The maximum atomic E-state index is 12.2. The van der Waals surface area contributed by atoms with Crippen molar-refractivity contribution in [1.82, 2.24) is 9.88 Å². The molecule has 1 aliphatic rings. The van der Waals surface area contributed by atoms with E-state index in [1.54, 1.807) is 0 Å². The van der Waals surface area contributed by atoms with Gasteiger partial charge in [0.25, 0.3) is 5.91 Å². The molecule has 0 unspecified atom stereocenters. The lowest BCUT2D eigenvalue weighted by Crippen LogP contribution is -2.35. The van der Waals surface area contributed by atoms with Crippen LogP contribution in [0.4, 0.5) is 0 Å². The van der Waals surface area contributed by atoms with E-state index in [9.17, 15) is 4.79 Å². The summed E-state index contributed by atoms with van der Waals surface area (Å²) < 4.78 is 2.18. The van der Waals surface area contributed by atoms with E-state index in [-0.39, 0.29) is 5.91 Å². The van der Waals surface area contributed by atoms with Gasteiger partial charge in [0.2, 0.25) is 0 Å². The summed E-state index contributed by atoms with van der Waals surface area (Å²) in [4.78, 5) is 12.2. The quantitative estimate of drug-likeness (QED) is 0.916. The van der Waals surface area contributed by atoms with Gasteiger partial charge in [0.1, 0.15) is 5.69 Å². The van der Waals surface area contributed by atoms with E-state index in [4.69, 9.17) is 11.6 Å². The Hall–Kier alpha value is -1.48. The zero-order valence-electron chi connectivity index (χ0n) is 12.8. The average molecular weight is 305 g/mol. The van der Waals surface area contributed by atoms with Gasteiger partial charge in [-0.15, -0.1) is 0 Å². The van der Waals surface area contributed by atoms with Gasteiger partial charge in [0.15, 0.2) is 0 Å². The Kier molecular flexibility index (Phi) is 3.70. The Morgan fingerprint density at radius 1 is 1.38 bits per heavy atom. The van der Waals surface area contributed by atoms with Crippen LogP contribution >= 0.6 is 11.6 Å². The second-order valence-corrected chi connectivity index (χ2v) is 6.71. The third-order valence-corrected chi connectivity index (χ3v) is 4.50. The van der Waals surface area contributed by atoms with Gasteiger partial charge in [-0.1, -0.05) is 25.4 Å². The fourth-order valence-electron chi connectivity index (χ4n) is 3.22. The number of carbonyl (C=O) groups excluding carboxylic acids is 1. The van der Waals surface area contributed by atoms with Gasteiger partial charge in [-0.25, -0.2) is 0 Å². The molecule has 1 N–H and O–H groups in total. The van der Waals surface area contributed by atoms with Gasteiger partial charge in [0, 0.05) is 23.5 Å². The molecule has 3 nitrogen and oxygen atoms in total. The van der Waals surface area contributed by atoms with Crippen LogP contribution in [0, 0.1) is 12.8 Å². The van der Waals surface area contributed by atoms with Gasteiger partial charge in [0.05, 0.1) is 5.52 Å². The molecule has 0 fully saturated rings. The lowest BCUT2D eigenvalue weighted by Gasteiger charge is -2.18. The molecule has 1 aliphatic heterocycles. The second-order valence-electron chi connectivity index (χ2n) is 6.27. The number of benzene rings is 1. The number of nitrogens with one attached hydrogen (secondary N) is 1. The number of hydrogen-bond donors (Lipinski definition) is 1. The monoisotopic (exact) mass is 304 g/mol. The van der Waals surface area contributed by atoms with E-state index in [0.717, 1.165) is 41.1 Å². The van der Waals surface area contributed by atoms with Crippen LogP contribution < -0.4 is 5.32 Å². The van der Waals surface area contributed by atoms with Crippen molar-refractivity contribution in [2.24, 2.45) is 5.92 Å². The molecular weight excluding hydrogens is 284 g/mol. The lowest BCUT2D eigenvalue weighted by molar-refractivity contribution is 0.0928. The maximum absolute atomic E-state index is 12.2. The highest BCUT2D eigenvalue weighted by molar-refractivity contribution is 6.31. The molecule has 1 aromatic carbocycles. The van der Waals surface area contributed by atoms with Crippen molar-refractivity contribution in [2.45, 2.75) is 40.2 Å². The van der Waals surface area contributed by atoms with Crippen molar-refractivity contribution in [3.8, 4) is 0 Å². The predicted molar refractivity (Wildman–Crippen MR) is 87.2 cm³/mol. The van der Waals surface area contributed by atoms with Crippen LogP contribution in [0.3, 0.4) is 0 Å². The highest BCUT2D eigenvalue weighted by Crippen LogP contribution is 2.33. The van der Waals surface area contributed by atoms with Crippen LogP contribution in [0.1, 0.15) is 41.9 Å². The number of hydrogen-bond acceptors (Lipinski definition) is 1. The smallest absolute Gasteiger partial charge is 0.268 e. The topological polar surface area (TPSA) is 34.0 Å². The Bertz CT molecular complexity index is 715. The summed E-state index contributed by atoms with van der Waals surface area (Å²) in [7, 11) is 0. The molecule has 0 bridgehead atoms. The van der Waals surface area contributed by atoms with Crippen LogP contribution in [0.25, 0.3) is 10.9 Å². The molecule has 112 valence electrons. The van der Waals surface area contributed by atoms with E-state index in [2.05, 4.69) is 29.8 Å². The summed E-state index contributed by atoms with van der Waals surface area (Å²) in [5, 5.41) is 4.81. The molecular formula is C17H21ClN2O. The molecule has 0 saturated carbocycles. The standard InChI is InChI=1S/C17H21ClN2O/c1-10(2)4-5-12-8-13(18)9-14-11(3)15-17(21)19-6-7-20(15)16(12)14/h8-10H,4-7H2,1-3H3,(H,19,21). The van der Waals surface area contributed by atoms with Gasteiger partial charge < -0.3 is 9.88 Å². The second kappa shape index (κ2) is 5.38. The third kappa shape index (κ3) is 2.44. The first-order valence-electron chi connectivity index (χ1n) is 7.58. The molecule has 0 spiro atoms. The van der Waals surface area contributed by atoms with Crippen molar-refractivity contribution >= 4 is 28.4 Å². The van der Waals surface area contributed by atoms with E-state index in [0.29, 0.717) is 12.5 Å². The maximum Gasteiger partial charge on any atom is 0.268 e. The third-order valence-electron chi connectivity index (χ3n) is 4.28. The zero-order chi connectivity index (χ0) is 15.1. The number of aromatic nitrogens is 1. The molecule has 21 heavy (non-hydrogen) atoms. The molecule has 1 aromatic heterocycles. The first kappa shape index (κ1) is 14.5. The van der Waals surface area contributed by atoms with Crippen LogP contribution in [0.5, 0.6) is 0 Å². The summed E-state index contributed by atoms with van der Waals surface area (Å²) >= 11 is 6.30. The van der Waals surface area contributed by atoms with Crippen LogP contribution in [0.2, 0.25) is 5.02 Å². The number of fused-ring (bicyclic) bond motifs is 3. The summed E-state index contributed by atoms with van der Waals surface area (Å²) in [6.07, 6.45) is 2.13. The van der Waals surface area contributed by atoms with Crippen molar-refractivity contribution in [3.63, 3.8) is 0 Å². The average Bonchev–Trinajstić information content (AvgIpc) is 2.71. The fourth-order valence-corrected chi connectivity index (χ4v) is 3.46. The fraction of sp³-hybridized carbons (Fsp3) is 0.471. The van der Waals surface area contributed by atoms with Gasteiger partial charge in [-0.2, -0.15) is 0 Å². The molecule has 2 aromatic rings. The number of amides is 1. The van der Waals surface area contributed by atoms with Gasteiger partial charge in [-0.05, 0) is 48.9 Å². The van der Waals surface area contributed by atoms with Crippen molar-refractivity contribution < 1.29 is 4.79 Å². The van der Waals surface area contributed by atoms with E-state index < -0.39 is 0 Å². The van der Waals surface area contributed by atoms with Crippen molar-refractivity contribution in [3.05, 3.63) is 34.0 Å². The van der Waals surface area contributed by atoms with E-state index >= 15 is 0 Å². The van der Waals surface area contributed by atoms with Crippen LogP contribution in [-0.2, 0) is 13.0 Å². The molecule has 0 atom stereocenters. The highest BCUT2D eigenvalue weighted by Gasteiger charge is 2.25. The number of aryl methyl sites for hydroxylation is 2. The van der Waals surface area contributed by atoms with Crippen LogP contribution in [0.15, 0.2) is 12.1 Å². The Labute approximate surface area is 130 Å². The summed E-state index contributed by atoms with van der Waals surface area (Å²) in [6, 6.07) is 4.05. The number of halogens is 1. The number of nitrogens with zero attached hydrogens (tertiary/aromatic N) is 1. The minimum Gasteiger partial charge on any atom is -0.349 e.